The number of hydrogen-bond donors (Lipinski definition) is 1. The summed E-state index contributed by atoms with van der Waals surface area (Å²) >= 11 is 0. The summed E-state index contributed by atoms with van der Waals surface area (Å²) in [5.74, 6) is 0. The Morgan fingerprint density at radius 2 is 2.17 bits per heavy atom. The molecule has 2 heterocycles. The van der Waals surface area contributed by atoms with Crippen molar-refractivity contribution in [3.05, 3.63) is 41.5 Å². The zero-order chi connectivity index (χ0) is 13.1. The van der Waals surface area contributed by atoms with Gasteiger partial charge in [-0.3, -0.25) is 9.67 Å². The Morgan fingerprint density at radius 1 is 1.39 bits per heavy atom. The third-order valence-electron chi connectivity index (χ3n) is 3.21. The number of aromatic nitrogens is 3. The van der Waals surface area contributed by atoms with Crippen LogP contribution in [-0.2, 0) is 6.54 Å². The van der Waals surface area contributed by atoms with E-state index in [9.17, 15) is 0 Å². The number of nitrogens with one attached hydrogen (secondary N) is 1. The van der Waals surface area contributed by atoms with Gasteiger partial charge in [-0.1, -0.05) is 0 Å². The molecular weight excluding hydrogens is 224 g/mol. The predicted molar refractivity (Wildman–Crippen MR) is 73.6 cm³/mol. The van der Waals surface area contributed by atoms with Crippen LogP contribution in [0.5, 0.6) is 0 Å². The van der Waals surface area contributed by atoms with Gasteiger partial charge in [-0.05, 0) is 39.8 Å². The standard InChI is InChI=1S/C14H20N4/c1-5-18-12(4)14(11(3)17-18)10(2)16-13-7-6-8-15-9-13/h6-10,16H,5H2,1-4H3. The fraction of sp³-hybridized carbons (Fsp3) is 0.429. The molecule has 0 amide bonds. The topological polar surface area (TPSA) is 42.7 Å². The van der Waals surface area contributed by atoms with Crippen molar-refractivity contribution < 1.29 is 0 Å². The normalized spacial score (nSPS) is 12.4. The number of hydrogen-bond acceptors (Lipinski definition) is 3. The van der Waals surface area contributed by atoms with Gasteiger partial charge in [-0.15, -0.1) is 0 Å². The van der Waals surface area contributed by atoms with Crippen LogP contribution in [0.4, 0.5) is 5.69 Å². The first kappa shape index (κ1) is 12.6. The fourth-order valence-electron chi connectivity index (χ4n) is 2.42. The lowest BCUT2D eigenvalue weighted by molar-refractivity contribution is 0.632. The summed E-state index contributed by atoms with van der Waals surface area (Å²) in [6.07, 6.45) is 3.62. The van der Waals surface area contributed by atoms with E-state index in [1.54, 1.807) is 6.20 Å². The summed E-state index contributed by atoms with van der Waals surface area (Å²) in [5.41, 5.74) is 4.64. The Labute approximate surface area is 108 Å². The molecule has 1 atom stereocenters. The summed E-state index contributed by atoms with van der Waals surface area (Å²) in [5, 5.41) is 8.01. The molecule has 2 aromatic heterocycles. The fourth-order valence-corrected chi connectivity index (χ4v) is 2.42. The van der Waals surface area contributed by atoms with E-state index in [-0.39, 0.29) is 6.04 Å². The number of rotatable bonds is 4. The van der Waals surface area contributed by atoms with Crippen molar-refractivity contribution in [1.82, 2.24) is 14.8 Å². The SMILES string of the molecule is CCn1nc(C)c(C(C)Nc2cccnc2)c1C. The van der Waals surface area contributed by atoms with Crippen molar-refractivity contribution in [2.75, 3.05) is 5.32 Å². The van der Waals surface area contributed by atoms with Gasteiger partial charge in [0.15, 0.2) is 0 Å². The van der Waals surface area contributed by atoms with Crippen LogP contribution in [0.25, 0.3) is 0 Å². The largest absolute Gasteiger partial charge is 0.377 e. The number of anilines is 1. The molecular formula is C14H20N4. The van der Waals surface area contributed by atoms with Gasteiger partial charge < -0.3 is 5.32 Å². The second-order valence-corrected chi connectivity index (χ2v) is 4.51. The molecule has 1 unspecified atom stereocenters. The lowest BCUT2D eigenvalue weighted by Crippen LogP contribution is -2.09. The Hall–Kier alpha value is -1.84. The first-order valence-electron chi connectivity index (χ1n) is 6.34. The van der Waals surface area contributed by atoms with Crippen molar-refractivity contribution in [2.24, 2.45) is 0 Å². The quantitative estimate of drug-likeness (QED) is 0.898. The summed E-state index contributed by atoms with van der Waals surface area (Å²) in [7, 11) is 0. The molecule has 96 valence electrons. The van der Waals surface area contributed by atoms with Crippen LogP contribution < -0.4 is 5.32 Å². The van der Waals surface area contributed by atoms with Crippen LogP contribution in [-0.4, -0.2) is 14.8 Å². The minimum Gasteiger partial charge on any atom is -0.377 e. The van der Waals surface area contributed by atoms with E-state index in [1.807, 2.05) is 23.0 Å². The van der Waals surface area contributed by atoms with E-state index < -0.39 is 0 Å². The first-order valence-corrected chi connectivity index (χ1v) is 6.34. The zero-order valence-electron chi connectivity index (χ0n) is 11.4. The van der Waals surface area contributed by atoms with E-state index in [0.29, 0.717) is 0 Å². The monoisotopic (exact) mass is 244 g/mol. The van der Waals surface area contributed by atoms with Crippen LogP contribution in [0.2, 0.25) is 0 Å². The molecule has 2 rings (SSSR count). The van der Waals surface area contributed by atoms with Gasteiger partial charge >= 0.3 is 0 Å². The van der Waals surface area contributed by atoms with E-state index in [0.717, 1.165) is 17.9 Å². The summed E-state index contributed by atoms with van der Waals surface area (Å²) in [6, 6.07) is 4.19. The smallest absolute Gasteiger partial charge is 0.0649 e. The van der Waals surface area contributed by atoms with Crippen LogP contribution in [0.3, 0.4) is 0 Å². The highest BCUT2D eigenvalue weighted by molar-refractivity contribution is 5.44. The highest BCUT2D eigenvalue weighted by Gasteiger charge is 2.16. The molecule has 0 fully saturated rings. The molecule has 0 aliphatic heterocycles. The van der Waals surface area contributed by atoms with Crippen LogP contribution in [0, 0.1) is 13.8 Å². The second kappa shape index (κ2) is 5.21. The van der Waals surface area contributed by atoms with Crippen molar-refractivity contribution in [2.45, 2.75) is 40.3 Å². The average molecular weight is 244 g/mol. The molecule has 0 aliphatic carbocycles. The van der Waals surface area contributed by atoms with Crippen LogP contribution in [0.1, 0.15) is 36.8 Å². The predicted octanol–water partition coefficient (Wildman–Crippen LogP) is 3.09. The number of pyridine rings is 1. The van der Waals surface area contributed by atoms with Gasteiger partial charge in [-0.2, -0.15) is 5.10 Å². The van der Waals surface area contributed by atoms with E-state index in [1.165, 1.54) is 11.3 Å². The van der Waals surface area contributed by atoms with E-state index in [4.69, 9.17) is 0 Å². The van der Waals surface area contributed by atoms with Crippen molar-refractivity contribution in [3.63, 3.8) is 0 Å². The number of aryl methyl sites for hydroxylation is 2. The van der Waals surface area contributed by atoms with Gasteiger partial charge in [0.2, 0.25) is 0 Å². The third kappa shape index (κ3) is 2.37. The summed E-state index contributed by atoms with van der Waals surface area (Å²) < 4.78 is 2.05. The summed E-state index contributed by atoms with van der Waals surface area (Å²) in [4.78, 5) is 4.11. The maximum Gasteiger partial charge on any atom is 0.0649 e. The maximum atomic E-state index is 4.55. The second-order valence-electron chi connectivity index (χ2n) is 4.51. The Kier molecular flexibility index (Phi) is 3.65. The Balaban J connectivity index is 2.24. The van der Waals surface area contributed by atoms with E-state index in [2.05, 4.69) is 43.1 Å². The van der Waals surface area contributed by atoms with Gasteiger partial charge in [0, 0.05) is 30.2 Å². The first-order chi connectivity index (χ1) is 8.63. The number of nitrogens with zero attached hydrogens (tertiary/aromatic N) is 3. The molecule has 4 heteroatoms. The molecule has 18 heavy (non-hydrogen) atoms. The molecule has 0 saturated carbocycles. The van der Waals surface area contributed by atoms with Gasteiger partial charge in [0.05, 0.1) is 17.4 Å². The molecule has 0 aromatic carbocycles. The highest BCUT2D eigenvalue weighted by Crippen LogP contribution is 2.24. The molecule has 4 nitrogen and oxygen atoms in total. The Bertz CT molecular complexity index is 516. The average Bonchev–Trinajstić information content (AvgIpc) is 2.65. The lowest BCUT2D eigenvalue weighted by atomic mass is 10.1. The molecule has 0 bridgehead atoms. The molecule has 0 radical (unpaired) electrons. The molecule has 0 aliphatic rings. The van der Waals surface area contributed by atoms with Gasteiger partial charge in [-0.25, -0.2) is 0 Å². The minimum absolute atomic E-state index is 0.231. The van der Waals surface area contributed by atoms with Crippen LogP contribution in [0.15, 0.2) is 24.5 Å². The molecule has 1 N–H and O–H groups in total. The lowest BCUT2D eigenvalue weighted by Gasteiger charge is -2.15. The van der Waals surface area contributed by atoms with Gasteiger partial charge in [0.1, 0.15) is 0 Å². The zero-order valence-corrected chi connectivity index (χ0v) is 11.4. The van der Waals surface area contributed by atoms with E-state index >= 15 is 0 Å². The third-order valence-corrected chi connectivity index (χ3v) is 3.21. The Morgan fingerprint density at radius 3 is 2.72 bits per heavy atom. The molecule has 0 spiro atoms. The van der Waals surface area contributed by atoms with Crippen LogP contribution >= 0.6 is 0 Å². The molecule has 2 aromatic rings. The maximum absolute atomic E-state index is 4.55. The summed E-state index contributed by atoms with van der Waals surface area (Å²) in [6.45, 7) is 9.37. The highest BCUT2D eigenvalue weighted by atomic mass is 15.3. The minimum atomic E-state index is 0.231. The van der Waals surface area contributed by atoms with Crippen molar-refractivity contribution in [1.29, 1.82) is 0 Å². The molecule has 0 saturated heterocycles. The van der Waals surface area contributed by atoms with Crippen molar-refractivity contribution in [3.8, 4) is 0 Å². The van der Waals surface area contributed by atoms with Gasteiger partial charge in [0.25, 0.3) is 0 Å². The van der Waals surface area contributed by atoms with Crippen molar-refractivity contribution >= 4 is 5.69 Å².